The molecule has 116 valence electrons. The van der Waals surface area contributed by atoms with Gasteiger partial charge >= 0.3 is 6.03 Å². The molecule has 0 spiro atoms. The van der Waals surface area contributed by atoms with Crippen molar-refractivity contribution in [1.29, 1.82) is 0 Å². The summed E-state index contributed by atoms with van der Waals surface area (Å²) >= 11 is 0. The van der Waals surface area contributed by atoms with Crippen molar-refractivity contribution in [2.45, 2.75) is 58.0 Å². The van der Waals surface area contributed by atoms with Gasteiger partial charge in [-0.2, -0.15) is 0 Å². The number of nitrogens with zero attached hydrogens (tertiary/aromatic N) is 1. The number of carbonyl (C=O) groups excluding carboxylic acids is 1. The summed E-state index contributed by atoms with van der Waals surface area (Å²) < 4.78 is 0. The average molecular weight is 282 g/mol. The SMILES string of the molecule is CC1CCCC(CNC(=O)N(C)CC2CCCC2O)C1. The molecule has 2 aliphatic carbocycles. The van der Waals surface area contributed by atoms with Gasteiger partial charge in [0.05, 0.1) is 6.10 Å². The molecule has 0 saturated heterocycles. The van der Waals surface area contributed by atoms with Crippen molar-refractivity contribution in [2.75, 3.05) is 20.1 Å². The number of aliphatic hydroxyl groups is 1. The Morgan fingerprint density at radius 2 is 2.00 bits per heavy atom. The van der Waals surface area contributed by atoms with E-state index in [1.807, 2.05) is 7.05 Å². The lowest BCUT2D eigenvalue weighted by Crippen LogP contribution is -2.43. The Kier molecular flexibility index (Phi) is 5.70. The van der Waals surface area contributed by atoms with Crippen LogP contribution >= 0.6 is 0 Å². The van der Waals surface area contributed by atoms with Gasteiger partial charge in [0.2, 0.25) is 0 Å². The van der Waals surface area contributed by atoms with E-state index in [4.69, 9.17) is 0 Å². The molecule has 4 heteroatoms. The molecule has 4 unspecified atom stereocenters. The number of carbonyl (C=O) groups is 1. The molecule has 0 aliphatic heterocycles. The molecule has 2 aliphatic rings. The highest BCUT2D eigenvalue weighted by Crippen LogP contribution is 2.28. The summed E-state index contributed by atoms with van der Waals surface area (Å²) in [4.78, 5) is 13.8. The van der Waals surface area contributed by atoms with E-state index in [1.165, 1.54) is 25.7 Å². The maximum atomic E-state index is 12.1. The highest BCUT2D eigenvalue weighted by Gasteiger charge is 2.27. The summed E-state index contributed by atoms with van der Waals surface area (Å²) in [5.74, 6) is 1.71. The van der Waals surface area contributed by atoms with Crippen molar-refractivity contribution in [3.8, 4) is 0 Å². The average Bonchev–Trinajstić information content (AvgIpc) is 2.81. The van der Waals surface area contributed by atoms with Gasteiger partial charge in [-0.25, -0.2) is 4.79 Å². The van der Waals surface area contributed by atoms with E-state index in [1.54, 1.807) is 4.90 Å². The number of amides is 2. The number of hydrogen-bond acceptors (Lipinski definition) is 2. The maximum absolute atomic E-state index is 12.1. The van der Waals surface area contributed by atoms with Crippen LogP contribution < -0.4 is 5.32 Å². The summed E-state index contributed by atoms with van der Waals surface area (Å²) in [6, 6.07) is 0.0160. The van der Waals surface area contributed by atoms with Gasteiger partial charge in [-0.1, -0.05) is 26.2 Å². The molecule has 2 amide bonds. The van der Waals surface area contributed by atoms with Crippen LogP contribution in [0.5, 0.6) is 0 Å². The molecule has 2 N–H and O–H groups in total. The van der Waals surface area contributed by atoms with Crippen molar-refractivity contribution in [1.82, 2.24) is 10.2 Å². The monoisotopic (exact) mass is 282 g/mol. The number of nitrogens with one attached hydrogen (secondary N) is 1. The molecule has 4 nitrogen and oxygen atoms in total. The van der Waals surface area contributed by atoms with Crippen molar-refractivity contribution < 1.29 is 9.90 Å². The first kappa shape index (κ1) is 15.6. The molecule has 0 aromatic heterocycles. The van der Waals surface area contributed by atoms with Crippen molar-refractivity contribution in [2.24, 2.45) is 17.8 Å². The third-order valence-corrected chi connectivity index (χ3v) is 5.06. The highest BCUT2D eigenvalue weighted by molar-refractivity contribution is 5.73. The zero-order chi connectivity index (χ0) is 14.5. The minimum Gasteiger partial charge on any atom is -0.393 e. The quantitative estimate of drug-likeness (QED) is 0.833. The smallest absolute Gasteiger partial charge is 0.317 e. The first-order valence-electron chi connectivity index (χ1n) is 8.23. The maximum Gasteiger partial charge on any atom is 0.317 e. The van der Waals surface area contributed by atoms with Gasteiger partial charge in [0.1, 0.15) is 0 Å². The third kappa shape index (κ3) is 4.37. The van der Waals surface area contributed by atoms with E-state index < -0.39 is 0 Å². The number of rotatable bonds is 4. The van der Waals surface area contributed by atoms with Gasteiger partial charge < -0.3 is 15.3 Å². The molecular weight excluding hydrogens is 252 g/mol. The molecular formula is C16H30N2O2. The molecule has 0 radical (unpaired) electrons. The summed E-state index contributed by atoms with van der Waals surface area (Å²) in [5, 5.41) is 12.9. The zero-order valence-corrected chi connectivity index (χ0v) is 13.0. The highest BCUT2D eigenvalue weighted by atomic mass is 16.3. The van der Waals surface area contributed by atoms with Crippen LogP contribution in [0, 0.1) is 17.8 Å². The molecule has 4 atom stereocenters. The van der Waals surface area contributed by atoms with Crippen LogP contribution in [0.3, 0.4) is 0 Å². The second-order valence-corrected chi connectivity index (χ2v) is 6.96. The molecule has 2 rings (SSSR count). The van der Waals surface area contributed by atoms with Crippen LogP contribution in [0.1, 0.15) is 51.9 Å². The van der Waals surface area contributed by atoms with Gasteiger partial charge in [0.25, 0.3) is 0 Å². The van der Waals surface area contributed by atoms with Gasteiger partial charge in [-0.3, -0.25) is 0 Å². The lowest BCUT2D eigenvalue weighted by molar-refractivity contribution is 0.113. The number of hydrogen-bond donors (Lipinski definition) is 2. The Labute approximate surface area is 122 Å². The molecule has 2 fully saturated rings. The lowest BCUT2D eigenvalue weighted by atomic mass is 9.82. The molecule has 0 aromatic rings. The van der Waals surface area contributed by atoms with Gasteiger partial charge in [-0.05, 0) is 37.5 Å². The predicted molar refractivity (Wildman–Crippen MR) is 80.5 cm³/mol. The van der Waals surface area contributed by atoms with Crippen molar-refractivity contribution in [3.63, 3.8) is 0 Å². The van der Waals surface area contributed by atoms with E-state index in [-0.39, 0.29) is 18.1 Å². The van der Waals surface area contributed by atoms with Gasteiger partial charge in [-0.15, -0.1) is 0 Å². The van der Waals surface area contributed by atoms with Crippen LogP contribution in [0.2, 0.25) is 0 Å². The van der Waals surface area contributed by atoms with Crippen LogP contribution in [-0.2, 0) is 0 Å². The second-order valence-electron chi connectivity index (χ2n) is 6.96. The van der Waals surface area contributed by atoms with Gasteiger partial charge in [0.15, 0.2) is 0 Å². The Bertz CT molecular complexity index is 322. The van der Waals surface area contributed by atoms with E-state index in [9.17, 15) is 9.90 Å². The Hall–Kier alpha value is -0.770. The van der Waals surface area contributed by atoms with E-state index in [2.05, 4.69) is 12.2 Å². The first-order chi connectivity index (χ1) is 9.56. The lowest BCUT2D eigenvalue weighted by Gasteiger charge is -2.28. The molecule has 2 saturated carbocycles. The van der Waals surface area contributed by atoms with Crippen LogP contribution in [0.4, 0.5) is 4.79 Å². The number of urea groups is 1. The van der Waals surface area contributed by atoms with Crippen molar-refractivity contribution in [3.05, 3.63) is 0 Å². The summed E-state index contributed by atoms with van der Waals surface area (Å²) in [6.07, 6.45) is 7.92. The van der Waals surface area contributed by atoms with Crippen LogP contribution in [-0.4, -0.2) is 42.3 Å². The van der Waals surface area contributed by atoms with E-state index in [0.717, 1.165) is 31.7 Å². The summed E-state index contributed by atoms with van der Waals surface area (Å²) in [6.45, 7) is 3.79. The Balaban J connectivity index is 1.68. The summed E-state index contributed by atoms with van der Waals surface area (Å²) in [5.41, 5.74) is 0. The Morgan fingerprint density at radius 1 is 1.25 bits per heavy atom. The molecule has 0 bridgehead atoms. The Morgan fingerprint density at radius 3 is 2.65 bits per heavy atom. The minimum atomic E-state index is -0.218. The second kappa shape index (κ2) is 7.30. The predicted octanol–water partition coefficient (Wildman–Crippen LogP) is 2.62. The third-order valence-electron chi connectivity index (χ3n) is 5.06. The molecule has 20 heavy (non-hydrogen) atoms. The fourth-order valence-electron chi connectivity index (χ4n) is 3.78. The van der Waals surface area contributed by atoms with Crippen molar-refractivity contribution >= 4 is 6.03 Å². The largest absolute Gasteiger partial charge is 0.393 e. The summed E-state index contributed by atoms with van der Waals surface area (Å²) in [7, 11) is 1.84. The van der Waals surface area contributed by atoms with E-state index in [0.29, 0.717) is 12.5 Å². The zero-order valence-electron chi connectivity index (χ0n) is 13.0. The van der Waals surface area contributed by atoms with E-state index >= 15 is 0 Å². The standard InChI is InChI=1S/C16H30N2O2/c1-12-5-3-6-13(9-12)10-17-16(20)18(2)11-14-7-4-8-15(14)19/h12-15,19H,3-11H2,1-2H3,(H,17,20). The minimum absolute atomic E-state index is 0.0160. The van der Waals surface area contributed by atoms with Crippen LogP contribution in [0.25, 0.3) is 0 Å². The molecule has 0 aromatic carbocycles. The topological polar surface area (TPSA) is 52.6 Å². The fraction of sp³-hybridized carbons (Fsp3) is 0.938. The molecule has 0 heterocycles. The number of aliphatic hydroxyl groups excluding tert-OH is 1. The van der Waals surface area contributed by atoms with Crippen LogP contribution in [0.15, 0.2) is 0 Å². The normalized spacial score (nSPS) is 34.0. The fourth-order valence-corrected chi connectivity index (χ4v) is 3.78. The first-order valence-corrected chi connectivity index (χ1v) is 8.23. The van der Waals surface area contributed by atoms with Gasteiger partial charge in [0, 0.05) is 26.1 Å².